The minimum atomic E-state index is -0.549. The van der Waals surface area contributed by atoms with Crippen molar-refractivity contribution in [3.63, 3.8) is 0 Å². The van der Waals surface area contributed by atoms with Gasteiger partial charge in [-0.15, -0.1) is 0 Å². The number of hydrogen-bond acceptors (Lipinski definition) is 6. The summed E-state index contributed by atoms with van der Waals surface area (Å²) in [4.78, 5) is 20.3. The average molecular weight is 301 g/mol. The highest BCUT2D eigenvalue weighted by Crippen LogP contribution is 2.18. The number of aryl methyl sites for hydroxylation is 2. The van der Waals surface area contributed by atoms with Crippen LogP contribution in [0.4, 0.5) is 4.39 Å². The molecule has 2 heterocycles. The van der Waals surface area contributed by atoms with Crippen molar-refractivity contribution >= 4 is 16.9 Å². The summed E-state index contributed by atoms with van der Waals surface area (Å²) >= 11 is 0. The second-order valence-electron chi connectivity index (χ2n) is 4.77. The maximum Gasteiger partial charge on any atom is 0.340 e. The van der Waals surface area contributed by atoms with Crippen LogP contribution in [0.3, 0.4) is 0 Å². The summed E-state index contributed by atoms with van der Waals surface area (Å²) in [6, 6.07) is 5.82. The molecule has 1 aromatic carbocycles. The molecule has 7 heteroatoms. The Morgan fingerprint density at radius 1 is 1.27 bits per heavy atom. The smallest absolute Gasteiger partial charge is 0.340 e. The zero-order valence-electron chi connectivity index (χ0n) is 12.0. The van der Waals surface area contributed by atoms with Crippen LogP contribution in [0.5, 0.6) is 0 Å². The maximum absolute atomic E-state index is 13.2. The fraction of sp³-hybridized carbons (Fsp3) is 0.200. The van der Waals surface area contributed by atoms with Gasteiger partial charge in [0.1, 0.15) is 5.82 Å². The second kappa shape index (κ2) is 5.51. The fourth-order valence-electron chi connectivity index (χ4n) is 2.05. The molecule has 0 unspecified atom stereocenters. The topological polar surface area (TPSA) is 78.1 Å². The first-order valence-electron chi connectivity index (χ1n) is 6.56. The van der Waals surface area contributed by atoms with E-state index in [1.54, 1.807) is 26.0 Å². The number of carbonyl (C=O) groups is 1. The van der Waals surface area contributed by atoms with E-state index in [9.17, 15) is 9.18 Å². The second-order valence-corrected chi connectivity index (χ2v) is 4.77. The number of pyridine rings is 1. The highest BCUT2D eigenvalue weighted by Gasteiger charge is 2.15. The molecule has 2 aromatic heterocycles. The number of esters is 1. The lowest BCUT2D eigenvalue weighted by Crippen LogP contribution is -2.08. The van der Waals surface area contributed by atoms with Gasteiger partial charge in [0.15, 0.2) is 12.4 Å². The Hall–Kier alpha value is -2.83. The minimum Gasteiger partial charge on any atom is -0.452 e. The van der Waals surface area contributed by atoms with Crippen LogP contribution in [0, 0.1) is 19.7 Å². The van der Waals surface area contributed by atoms with Gasteiger partial charge in [0.25, 0.3) is 5.89 Å². The van der Waals surface area contributed by atoms with E-state index in [0.717, 1.165) is 0 Å². The number of nitrogens with zero attached hydrogens (tertiary/aromatic N) is 3. The van der Waals surface area contributed by atoms with Gasteiger partial charge in [-0.2, -0.15) is 4.98 Å². The molecule has 6 nitrogen and oxygen atoms in total. The van der Waals surface area contributed by atoms with Crippen molar-refractivity contribution in [1.82, 2.24) is 15.1 Å². The van der Waals surface area contributed by atoms with E-state index < -0.39 is 5.97 Å². The van der Waals surface area contributed by atoms with Gasteiger partial charge >= 0.3 is 5.97 Å². The third-order valence-corrected chi connectivity index (χ3v) is 3.09. The number of carbonyl (C=O) groups excluding carboxylic acids is 1. The van der Waals surface area contributed by atoms with Crippen LogP contribution in [0.2, 0.25) is 0 Å². The number of hydrogen-bond donors (Lipinski definition) is 0. The molecule has 0 aliphatic carbocycles. The van der Waals surface area contributed by atoms with Gasteiger partial charge in [0.2, 0.25) is 0 Å². The first-order chi connectivity index (χ1) is 10.5. The molecule has 0 bridgehead atoms. The van der Waals surface area contributed by atoms with Crippen molar-refractivity contribution in [3.8, 4) is 0 Å². The molecule has 3 aromatic rings. The molecule has 0 aliphatic rings. The van der Waals surface area contributed by atoms with E-state index in [4.69, 9.17) is 9.26 Å². The highest BCUT2D eigenvalue weighted by atomic mass is 19.1. The zero-order chi connectivity index (χ0) is 15.7. The third-order valence-electron chi connectivity index (χ3n) is 3.09. The molecule has 0 saturated carbocycles. The molecule has 0 atom stereocenters. The van der Waals surface area contributed by atoms with Crippen molar-refractivity contribution in [1.29, 1.82) is 0 Å². The summed E-state index contributed by atoms with van der Waals surface area (Å²) < 4.78 is 23.2. The predicted octanol–water partition coefficient (Wildman–Crippen LogP) is 2.73. The van der Waals surface area contributed by atoms with Crippen LogP contribution in [-0.2, 0) is 11.3 Å². The van der Waals surface area contributed by atoms with Crippen molar-refractivity contribution < 1.29 is 18.4 Å². The molecule has 0 N–H and O–H groups in total. The SMILES string of the molecule is Cc1noc(COC(=O)c2cc3ccc(F)cc3nc2C)n1. The van der Waals surface area contributed by atoms with Gasteiger partial charge in [0, 0.05) is 11.5 Å². The van der Waals surface area contributed by atoms with E-state index in [-0.39, 0.29) is 18.3 Å². The lowest BCUT2D eigenvalue weighted by Gasteiger charge is -2.07. The molecule has 3 rings (SSSR count). The lowest BCUT2D eigenvalue weighted by molar-refractivity contribution is 0.0428. The van der Waals surface area contributed by atoms with Crippen molar-refractivity contribution in [2.75, 3.05) is 0 Å². The first kappa shape index (κ1) is 14.1. The van der Waals surface area contributed by atoms with Crippen LogP contribution in [0.15, 0.2) is 28.8 Å². The number of fused-ring (bicyclic) bond motifs is 1. The molecular formula is C15H12FN3O3. The molecule has 0 fully saturated rings. The highest BCUT2D eigenvalue weighted by molar-refractivity contribution is 5.95. The monoisotopic (exact) mass is 301 g/mol. The Bertz CT molecular complexity index is 860. The summed E-state index contributed by atoms with van der Waals surface area (Å²) in [5.74, 6) is -0.232. The van der Waals surface area contributed by atoms with Gasteiger partial charge in [-0.3, -0.25) is 4.98 Å². The van der Waals surface area contributed by atoms with E-state index in [0.29, 0.717) is 28.0 Å². The molecule has 112 valence electrons. The number of rotatable bonds is 3. The first-order valence-corrected chi connectivity index (χ1v) is 6.56. The summed E-state index contributed by atoms with van der Waals surface area (Å²) in [5.41, 5.74) is 1.27. The number of halogens is 1. The quantitative estimate of drug-likeness (QED) is 0.692. The summed E-state index contributed by atoms with van der Waals surface area (Å²) in [6.45, 7) is 3.23. The minimum absolute atomic E-state index is 0.111. The van der Waals surface area contributed by atoms with Crippen LogP contribution < -0.4 is 0 Å². The number of ether oxygens (including phenoxy) is 1. The van der Waals surface area contributed by atoms with Gasteiger partial charge in [0.05, 0.1) is 16.8 Å². The predicted molar refractivity (Wildman–Crippen MR) is 74.6 cm³/mol. The Balaban J connectivity index is 1.84. The number of benzene rings is 1. The van der Waals surface area contributed by atoms with Gasteiger partial charge in [-0.05, 0) is 32.0 Å². The lowest BCUT2D eigenvalue weighted by atomic mass is 10.1. The summed E-state index contributed by atoms with van der Waals surface area (Å²) in [6.07, 6.45) is 0. The van der Waals surface area contributed by atoms with Crippen LogP contribution in [0.1, 0.15) is 27.8 Å². The standard InChI is InChI=1S/C15H12FN3O3/c1-8-12(5-10-3-4-11(16)6-13(10)17-8)15(20)21-7-14-18-9(2)19-22-14/h3-6H,7H2,1-2H3. The zero-order valence-corrected chi connectivity index (χ0v) is 12.0. The van der Waals surface area contributed by atoms with Gasteiger partial charge in [-0.1, -0.05) is 5.16 Å². The molecular weight excluding hydrogens is 289 g/mol. The Kier molecular flexibility index (Phi) is 3.54. The van der Waals surface area contributed by atoms with Crippen molar-refractivity contribution in [3.05, 3.63) is 53.1 Å². The molecule has 0 aliphatic heterocycles. The Labute approximate surface area is 124 Å². The van der Waals surface area contributed by atoms with Crippen molar-refractivity contribution in [2.45, 2.75) is 20.5 Å². The third kappa shape index (κ3) is 2.78. The molecule has 0 radical (unpaired) electrons. The Morgan fingerprint density at radius 2 is 2.09 bits per heavy atom. The molecule has 0 amide bonds. The molecule has 0 spiro atoms. The number of aromatic nitrogens is 3. The van der Waals surface area contributed by atoms with Gasteiger partial charge in [-0.25, -0.2) is 9.18 Å². The van der Waals surface area contributed by atoms with Crippen LogP contribution in [0.25, 0.3) is 10.9 Å². The largest absolute Gasteiger partial charge is 0.452 e. The average Bonchev–Trinajstić information content (AvgIpc) is 2.89. The molecule has 0 saturated heterocycles. The summed E-state index contributed by atoms with van der Waals surface area (Å²) in [7, 11) is 0. The van der Waals surface area contributed by atoms with Crippen molar-refractivity contribution in [2.24, 2.45) is 0 Å². The Morgan fingerprint density at radius 3 is 2.82 bits per heavy atom. The normalized spacial score (nSPS) is 10.9. The maximum atomic E-state index is 13.2. The van der Waals surface area contributed by atoms with E-state index in [1.165, 1.54) is 12.1 Å². The van der Waals surface area contributed by atoms with E-state index in [1.807, 2.05) is 0 Å². The van der Waals surface area contributed by atoms with Crippen LogP contribution >= 0.6 is 0 Å². The summed E-state index contributed by atoms with van der Waals surface area (Å²) in [5, 5.41) is 4.27. The van der Waals surface area contributed by atoms with Crippen LogP contribution in [-0.4, -0.2) is 21.1 Å². The van der Waals surface area contributed by atoms with E-state index >= 15 is 0 Å². The van der Waals surface area contributed by atoms with E-state index in [2.05, 4.69) is 15.1 Å². The fourth-order valence-corrected chi connectivity index (χ4v) is 2.05. The molecule has 22 heavy (non-hydrogen) atoms. The van der Waals surface area contributed by atoms with Gasteiger partial charge < -0.3 is 9.26 Å².